The van der Waals surface area contributed by atoms with E-state index in [0.717, 1.165) is 36.6 Å². The molecule has 2 aromatic carbocycles. The van der Waals surface area contributed by atoms with Gasteiger partial charge in [0.1, 0.15) is 0 Å². The zero-order valence-electron chi connectivity index (χ0n) is 18.0. The number of carbonyl (C=O) groups is 1. The van der Waals surface area contributed by atoms with E-state index in [1.807, 2.05) is 6.07 Å². The molecular weight excluding hydrogens is 467 g/mol. The van der Waals surface area contributed by atoms with Crippen LogP contribution in [0, 0.1) is 0 Å². The molecule has 0 saturated carbocycles. The van der Waals surface area contributed by atoms with Crippen molar-refractivity contribution in [2.75, 3.05) is 11.9 Å². The van der Waals surface area contributed by atoms with Gasteiger partial charge in [0.05, 0.1) is 16.5 Å². The zero-order chi connectivity index (χ0) is 24.3. The van der Waals surface area contributed by atoms with Crippen LogP contribution < -0.4 is 5.32 Å². The van der Waals surface area contributed by atoms with Crippen molar-refractivity contribution in [3.8, 4) is 0 Å². The molecule has 3 aromatic rings. The predicted octanol–water partition coefficient (Wildman–Crippen LogP) is 5.27. The highest BCUT2D eigenvalue weighted by atomic mass is 32.2. The number of carbonyl (C=O) groups excluding carboxylic acids is 1. The molecule has 1 saturated heterocycles. The average Bonchev–Trinajstić information content (AvgIpc) is 2.84. The van der Waals surface area contributed by atoms with Crippen LogP contribution in [0.2, 0.25) is 0 Å². The highest BCUT2D eigenvalue weighted by Crippen LogP contribution is 2.35. The molecule has 1 N–H and O–H groups in total. The molecule has 1 aliphatic rings. The molecule has 0 radical (unpaired) electrons. The summed E-state index contributed by atoms with van der Waals surface area (Å²) in [5, 5.41) is 2.51. The molecule has 1 aliphatic heterocycles. The quantitative estimate of drug-likeness (QED) is 0.530. The van der Waals surface area contributed by atoms with Gasteiger partial charge < -0.3 is 5.32 Å². The summed E-state index contributed by atoms with van der Waals surface area (Å²) in [4.78, 5) is 16.6. The minimum atomic E-state index is -4.56. The summed E-state index contributed by atoms with van der Waals surface area (Å²) >= 11 is 0. The molecule has 2 heterocycles. The van der Waals surface area contributed by atoms with Crippen molar-refractivity contribution in [2.45, 2.75) is 36.4 Å². The molecule has 1 fully saturated rings. The molecule has 178 valence electrons. The van der Waals surface area contributed by atoms with E-state index in [4.69, 9.17) is 0 Å². The van der Waals surface area contributed by atoms with Crippen molar-refractivity contribution < 1.29 is 26.4 Å². The fourth-order valence-corrected chi connectivity index (χ4v) is 5.67. The zero-order valence-corrected chi connectivity index (χ0v) is 18.8. The number of rotatable bonds is 5. The number of pyridine rings is 1. The van der Waals surface area contributed by atoms with Crippen LogP contribution in [0.3, 0.4) is 0 Å². The van der Waals surface area contributed by atoms with E-state index in [2.05, 4.69) is 10.3 Å². The maximum absolute atomic E-state index is 13.4. The van der Waals surface area contributed by atoms with Crippen molar-refractivity contribution in [3.05, 3.63) is 89.7 Å². The lowest BCUT2D eigenvalue weighted by atomic mass is 9.99. The molecule has 0 aliphatic carbocycles. The van der Waals surface area contributed by atoms with Gasteiger partial charge in [-0.15, -0.1) is 0 Å². The Kier molecular flexibility index (Phi) is 6.72. The topological polar surface area (TPSA) is 79.4 Å². The molecular formula is C24H22F3N3O3S. The number of nitrogens with zero attached hydrogens (tertiary/aromatic N) is 2. The summed E-state index contributed by atoms with van der Waals surface area (Å²) in [6.45, 7) is 0.385. The van der Waals surface area contributed by atoms with E-state index in [1.54, 1.807) is 18.5 Å². The van der Waals surface area contributed by atoms with Crippen LogP contribution >= 0.6 is 0 Å². The number of nitrogens with one attached hydrogen (secondary N) is 1. The molecule has 1 amide bonds. The molecule has 1 atom stereocenters. The summed E-state index contributed by atoms with van der Waals surface area (Å²) in [5.41, 5.74) is 0.0185. The molecule has 6 nitrogen and oxygen atoms in total. The van der Waals surface area contributed by atoms with Gasteiger partial charge in [-0.3, -0.25) is 9.78 Å². The number of hydrogen-bond donors (Lipinski definition) is 1. The number of benzene rings is 2. The lowest BCUT2D eigenvalue weighted by Gasteiger charge is -2.34. The molecule has 1 unspecified atom stereocenters. The highest BCUT2D eigenvalue weighted by molar-refractivity contribution is 7.89. The Labute approximate surface area is 195 Å². The van der Waals surface area contributed by atoms with Gasteiger partial charge in [-0.05, 0) is 66.9 Å². The van der Waals surface area contributed by atoms with Crippen LogP contribution in [0.4, 0.5) is 18.9 Å². The van der Waals surface area contributed by atoms with Crippen LogP contribution in [0.1, 0.15) is 46.8 Å². The third-order valence-corrected chi connectivity index (χ3v) is 7.62. The predicted molar refractivity (Wildman–Crippen MR) is 121 cm³/mol. The normalized spacial score (nSPS) is 17.3. The number of hydrogen-bond acceptors (Lipinski definition) is 4. The highest BCUT2D eigenvalue weighted by Gasteiger charge is 2.34. The summed E-state index contributed by atoms with van der Waals surface area (Å²) in [7, 11) is -3.81. The Hall–Kier alpha value is -3.24. The van der Waals surface area contributed by atoms with Crippen LogP contribution in [-0.4, -0.2) is 30.2 Å². The summed E-state index contributed by atoms with van der Waals surface area (Å²) in [6.07, 6.45) is 1.10. The standard InChI is InChI=1S/C24H22F3N3O3S/c25-24(26,27)19-7-3-5-17(15-19)23(31)29-20-9-11-21(12-10-20)34(32,33)30-14-2-1-8-22(30)18-6-4-13-28-16-18/h3-7,9-13,15-16,22H,1-2,8,14H2,(H,29,31). The van der Waals surface area contributed by atoms with Gasteiger partial charge in [-0.1, -0.05) is 18.6 Å². The van der Waals surface area contributed by atoms with Gasteiger partial charge in [0.25, 0.3) is 5.91 Å². The van der Waals surface area contributed by atoms with Crippen LogP contribution in [-0.2, 0) is 16.2 Å². The first-order valence-corrected chi connectivity index (χ1v) is 12.1. The van der Waals surface area contributed by atoms with Crippen molar-refractivity contribution in [2.24, 2.45) is 0 Å². The number of sulfonamides is 1. The Bertz CT molecular complexity index is 1260. The number of anilines is 1. The largest absolute Gasteiger partial charge is 0.416 e. The van der Waals surface area contributed by atoms with E-state index >= 15 is 0 Å². The minimum Gasteiger partial charge on any atom is -0.322 e. The van der Waals surface area contributed by atoms with E-state index in [9.17, 15) is 26.4 Å². The van der Waals surface area contributed by atoms with Gasteiger partial charge in [0.15, 0.2) is 0 Å². The first kappa shape index (κ1) is 23.9. The smallest absolute Gasteiger partial charge is 0.322 e. The molecule has 0 bridgehead atoms. The van der Waals surface area contributed by atoms with Crippen molar-refractivity contribution in [1.29, 1.82) is 0 Å². The monoisotopic (exact) mass is 489 g/mol. The van der Waals surface area contributed by atoms with Crippen LogP contribution in [0.25, 0.3) is 0 Å². The second-order valence-corrected chi connectivity index (χ2v) is 9.86. The fourth-order valence-electron chi connectivity index (χ4n) is 3.98. The lowest BCUT2D eigenvalue weighted by molar-refractivity contribution is -0.137. The van der Waals surface area contributed by atoms with Gasteiger partial charge in [-0.25, -0.2) is 8.42 Å². The number of halogens is 3. The maximum atomic E-state index is 13.4. The first-order valence-electron chi connectivity index (χ1n) is 10.7. The Morgan fingerprint density at radius 1 is 1.03 bits per heavy atom. The van der Waals surface area contributed by atoms with E-state index in [-0.39, 0.29) is 22.2 Å². The van der Waals surface area contributed by atoms with E-state index < -0.39 is 27.7 Å². The maximum Gasteiger partial charge on any atom is 0.416 e. The SMILES string of the molecule is O=C(Nc1ccc(S(=O)(=O)N2CCCCC2c2cccnc2)cc1)c1cccc(C(F)(F)F)c1. The van der Waals surface area contributed by atoms with Crippen molar-refractivity contribution >= 4 is 21.6 Å². The third kappa shape index (κ3) is 5.13. The molecule has 1 aromatic heterocycles. The van der Waals surface area contributed by atoms with Crippen LogP contribution in [0.5, 0.6) is 0 Å². The van der Waals surface area contributed by atoms with Gasteiger partial charge >= 0.3 is 6.18 Å². The Morgan fingerprint density at radius 2 is 1.79 bits per heavy atom. The Balaban J connectivity index is 1.52. The van der Waals surface area contributed by atoms with Gasteiger partial charge in [-0.2, -0.15) is 17.5 Å². The second-order valence-electron chi connectivity index (χ2n) is 7.97. The molecule has 10 heteroatoms. The fraction of sp³-hybridized carbons (Fsp3) is 0.250. The third-order valence-electron chi connectivity index (χ3n) is 5.69. The number of aromatic nitrogens is 1. The number of amides is 1. The molecule has 34 heavy (non-hydrogen) atoms. The minimum absolute atomic E-state index is 0.0698. The van der Waals surface area contributed by atoms with Crippen molar-refractivity contribution in [1.82, 2.24) is 9.29 Å². The number of piperidine rings is 1. The first-order chi connectivity index (χ1) is 16.2. The summed E-state index contributed by atoms with van der Waals surface area (Å²) < 4.78 is 66.9. The van der Waals surface area contributed by atoms with E-state index in [1.165, 1.54) is 34.6 Å². The van der Waals surface area contributed by atoms with Gasteiger partial charge in [0.2, 0.25) is 10.0 Å². The summed E-state index contributed by atoms with van der Waals surface area (Å²) in [6, 6.07) is 13.0. The Morgan fingerprint density at radius 3 is 2.47 bits per heavy atom. The second kappa shape index (κ2) is 9.55. The molecule has 4 rings (SSSR count). The molecule has 0 spiro atoms. The number of alkyl halides is 3. The van der Waals surface area contributed by atoms with Crippen LogP contribution in [0.15, 0.2) is 78.0 Å². The van der Waals surface area contributed by atoms with Gasteiger partial charge in [0, 0.05) is 30.2 Å². The van der Waals surface area contributed by atoms with Crippen molar-refractivity contribution in [3.63, 3.8) is 0 Å². The lowest BCUT2D eigenvalue weighted by Crippen LogP contribution is -2.38. The average molecular weight is 490 g/mol. The summed E-state index contributed by atoms with van der Waals surface area (Å²) in [5.74, 6) is -0.727. The van der Waals surface area contributed by atoms with E-state index in [0.29, 0.717) is 13.0 Å².